The second kappa shape index (κ2) is 8.97. The van der Waals surface area contributed by atoms with Gasteiger partial charge in [0.1, 0.15) is 18.5 Å². The van der Waals surface area contributed by atoms with Crippen molar-refractivity contribution in [2.45, 2.75) is 51.2 Å². The first-order valence-electron chi connectivity index (χ1n) is 8.10. The van der Waals surface area contributed by atoms with Gasteiger partial charge in [0.15, 0.2) is 0 Å². The maximum Gasteiger partial charge on any atom is 0.138 e. The molecule has 1 fully saturated rings. The molecule has 0 amide bonds. The average molecular weight is 346 g/mol. The standard InChI is InChI=1S/C17H25Cl2NO2/c1-2-20(14-6-4-3-5-7-14)11-15(21)12-22-17-9-8-13(18)10-16(17)19/h8-10,14-15,21H,2-7,11-12H2,1H3. The Morgan fingerprint density at radius 1 is 1.27 bits per heavy atom. The van der Waals surface area contributed by atoms with Crippen molar-refractivity contribution in [1.29, 1.82) is 0 Å². The average Bonchev–Trinajstić information content (AvgIpc) is 2.52. The summed E-state index contributed by atoms with van der Waals surface area (Å²) in [6.07, 6.45) is 5.90. The van der Waals surface area contributed by atoms with Crippen LogP contribution < -0.4 is 4.74 Å². The van der Waals surface area contributed by atoms with Gasteiger partial charge in [0.2, 0.25) is 0 Å². The van der Waals surface area contributed by atoms with Gasteiger partial charge < -0.3 is 9.84 Å². The number of halogens is 2. The summed E-state index contributed by atoms with van der Waals surface area (Å²) in [6.45, 7) is 4.00. The van der Waals surface area contributed by atoms with E-state index in [0.717, 1.165) is 6.54 Å². The Hall–Kier alpha value is -0.480. The molecule has 124 valence electrons. The molecule has 2 rings (SSSR count). The molecule has 1 aromatic rings. The molecular formula is C17H25Cl2NO2. The van der Waals surface area contributed by atoms with E-state index in [-0.39, 0.29) is 6.61 Å². The Balaban J connectivity index is 1.81. The fourth-order valence-corrected chi connectivity index (χ4v) is 3.55. The Bertz CT molecular complexity index is 464. The highest BCUT2D eigenvalue weighted by Gasteiger charge is 2.22. The van der Waals surface area contributed by atoms with Crippen LogP contribution in [-0.2, 0) is 0 Å². The van der Waals surface area contributed by atoms with Crippen molar-refractivity contribution in [2.75, 3.05) is 19.7 Å². The van der Waals surface area contributed by atoms with Crippen LogP contribution in [0.1, 0.15) is 39.0 Å². The number of rotatable bonds is 7. The van der Waals surface area contributed by atoms with Gasteiger partial charge in [-0.25, -0.2) is 0 Å². The van der Waals surface area contributed by atoms with E-state index in [9.17, 15) is 5.11 Å². The van der Waals surface area contributed by atoms with Crippen LogP contribution in [0.25, 0.3) is 0 Å². The van der Waals surface area contributed by atoms with Crippen molar-refractivity contribution in [2.24, 2.45) is 0 Å². The molecule has 1 atom stereocenters. The van der Waals surface area contributed by atoms with E-state index >= 15 is 0 Å². The smallest absolute Gasteiger partial charge is 0.138 e. The van der Waals surface area contributed by atoms with Crippen LogP contribution in [0.5, 0.6) is 5.75 Å². The summed E-state index contributed by atoms with van der Waals surface area (Å²) >= 11 is 11.9. The van der Waals surface area contributed by atoms with Crippen LogP contribution in [0.4, 0.5) is 0 Å². The van der Waals surface area contributed by atoms with Crippen molar-refractivity contribution in [3.8, 4) is 5.75 Å². The topological polar surface area (TPSA) is 32.7 Å². The third kappa shape index (κ3) is 5.31. The van der Waals surface area contributed by atoms with E-state index < -0.39 is 6.10 Å². The summed E-state index contributed by atoms with van der Waals surface area (Å²) in [5, 5.41) is 11.3. The molecule has 1 aliphatic rings. The maximum absolute atomic E-state index is 10.3. The second-order valence-electron chi connectivity index (χ2n) is 5.92. The third-order valence-corrected chi connectivity index (χ3v) is 4.80. The zero-order valence-electron chi connectivity index (χ0n) is 13.1. The predicted molar refractivity (Wildman–Crippen MR) is 92.1 cm³/mol. The van der Waals surface area contributed by atoms with Crippen LogP contribution in [-0.4, -0.2) is 41.8 Å². The highest BCUT2D eigenvalue weighted by Crippen LogP contribution is 2.27. The highest BCUT2D eigenvalue weighted by molar-refractivity contribution is 6.35. The number of hydrogen-bond donors (Lipinski definition) is 1. The Morgan fingerprint density at radius 2 is 2.00 bits per heavy atom. The summed E-state index contributed by atoms with van der Waals surface area (Å²) in [6, 6.07) is 5.71. The Kier molecular flexibility index (Phi) is 7.29. The van der Waals surface area contributed by atoms with E-state index in [1.54, 1.807) is 18.2 Å². The lowest BCUT2D eigenvalue weighted by Crippen LogP contribution is -2.43. The van der Waals surface area contributed by atoms with Crippen molar-refractivity contribution in [1.82, 2.24) is 4.90 Å². The Morgan fingerprint density at radius 3 is 2.64 bits per heavy atom. The predicted octanol–water partition coefficient (Wildman–Crippen LogP) is 4.39. The first-order chi connectivity index (χ1) is 10.6. The zero-order valence-corrected chi connectivity index (χ0v) is 14.6. The number of ether oxygens (including phenoxy) is 1. The number of aliphatic hydroxyl groups excluding tert-OH is 1. The van der Waals surface area contributed by atoms with Crippen molar-refractivity contribution in [3.05, 3.63) is 28.2 Å². The van der Waals surface area contributed by atoms with Gasteiger partial charge in [-0.2, -0.15) is 0 Å². The van der Waals surface area contributed by atoms with Crippen LogP contribution in [0.15, 0.2) is 18.2 Å². The quantitative estimate of drug-likeness (QED) is 0.795. The molecule has 1 aromatic carbocycles. The van der Waals surface area contributed by atoms with Gasteiger partial charge in [0.25, 0.3) is 0 Å². The second-order valence-corrected chi connectivity index (χ2v) is 6.76. The van der Waals surface area contributed by atoms with Gasteiger partial charge >= 0.3 is 0 Å². The molecule has 0 bridgehead atoms. The van der Waals surface area contributed by atoms with Crippen LogP contribution >= 0.6 is 23.2 Å². The summed E-state index contributed by atoms with van der Waals surface area (Å²) in [5.74, 6) is 0.561. The van der Waals surface area contributed by atoms with Crippen LogP contribution in [0.3, 0.4) is 0 Å². The first-order valence-corrected chi connectivity index (χ1v) is 8.85. The molecule has 1 N–H and O–H groups in total. The van der Waals surface area contributed by atoms with Crippen molar-refractivity contribution in [3.63, 3.8) is 0 Å². The van der Waals surface area contributed by atoms with Gasteiger partial charge in [-0.3, -0.25) is 4.90 Å². The largest absolute Gasteiger partial charge is 0.489 e. The zero-order chi connectivity index (χ0) is 15.9. The molecule has 0 radical (unpaired) electrons. The molecule has 0 heterocycles. The number of aliphatic hydroxyl groups is 1. The normalized spacial score (nSPS) is 17.7. The monoisotopic (exact) mass is 345 g/mol. The minimum Gasteiger partial charge on any atom is -0.489 e. The van der Waals surface area contributed by atoms with Gasteiger partial charge in [0.05, 0.1) is 5.02 Å². The van der Waals surface area contributed by atoms with E-state index in [0.29, 0.717) is 28.4 Å². The number of benzene rings is 1. The van der Waals surface area contributed by atoms with E-state index in [1.165, 1.54) is 32.1 Å². The molecule has 22 heavy (non-hydrogen) atoms. The SMILES string of the molecule is CCN(CC(O)COc1ccc(Cl)cc1Cl)C1CCCCC1. The van der Waals surface area contributed by atoms with Crippen LogP contribution in [0, 0.1) is 0 Å². The van der Waals surface area contributed by atoms with Crippen molar-refractivity contribution < 1.29 is 9.84 Å². The molecule has 1 saturated carbocycles. The fraction of sp³-hybridized carbons (Fsp3) is 0.647. The molecule has 0 aliphatic heterocycles. The molecule has 0 spiro atoms. The lowest BCUT2D eigenvalue weighted by atomic mass is 9.94. The van der Waals surface area contributed by atoms with Gasteiger partial charge in [0, 0.05) is 17.6 Å². The van der Waals surface area contributed by atoms with Crippen molar-refractivity contribution >= 4 is 23.2 Å². The number of nitrogens with zero attached hydrogens (tertiary/aromatic N) is 1. The van der Waals surface area contributed by atoms with Gasteiger partial charge in [-0.15, -0.1) is 0 Å². The van der Waals surface area contributed by atoms with E-state index in [1.807, 2.05) is 0 Å². The lowest BCUT2D eigenvalue weighted by Gasteiger charge is -2.34. The molecule has 0 aromatic heterocycles. The first kappa shape index (κ1) is 17.9. The fourth-order valence-electron chi connectivity index (χ4n) is 3.08. The van der Waals surface area contributed by atoms with E-state index in [4.69, 9.17) is 27.9 Å². The van der Waals surface area contributed by atoms with Crippen LogP contribution in [0.2, 0.25) is 10.0 Å². The summed E-state index contributed by atoms with van der Waals surface area (Å²) in [7, 11) is 0. The lowest BCUT2D eigenvalue weighted by molar-refractivity contribution is 0.0464. The summed E-state index contributed by atoms with van der Waals surface area (Å²) in [5.41, 5.74) is 0. The molecule has 5 heteroatoms. The maximum atomic E-state index is 10.3. The summed E-state index contributed by atoms with van der Waals surface area (Å²) in [4.78, 5) is 2.37. The molecule has 3 nitrogen and oxygen atoms in total. The molecule has 0 saturated heterocycles. The minimum atomic E-state index is -0.520. The molecular weight excluding hydrogens is 321 g/mol. The molecule has 1 unspecified atom stereocenters. The molecule has 1 aliphatic carbocycles. The number of likely N-dealkylation sites (N-methyl/N-ethyl adjacent to an activating group) is 1. The summed E-state index contributed by atoms with van der Waals surface area (Å²) < 4.78 is 5.62. The van der Waals surface area contributed by atoms with E-state index in [2.05, 4.69) is 11.8 Å². The van der Waals surface area contributed by atoms with Gasteiger partial charge in [-0.05, 0) is 37.6 Å². The number of hydrogen-bond acceptors (Lipinski definition) is 3. The van der Waals surface area contributed by atoms with Gasteiger partial charge in [-0.1, -0.05) is 49.4 Å². The highest BCUT2D eigenvalue weighted by atomic mass is 35.5. The Labute approximate surface area is 143 Å². The minimum absolute atomic E-state index is 0.241. The third-order valence-electron chi connectivity index (χ3n) is 4.27.